The maximum atomic E-state index is 6.35. The maximum Gasteiger partial charge on any atom is 0.179 e. The highest BCUT2D eigenvalue weighted by atomic mass is 35.5. The lowest BCUT2D eigenvalue weighted by Crippen LogP contribution is -2.23. The number of aryl methyl sites for hydroxylation is 1. The number of hydrogen-bond acceptors (Lipinski definition) is 5. The summed E-state index contributed by atoms with van der Waals surface area (Å²) >= 11 is 6.35. The molecule has 0 bridgehead atoms. The lowest BCUT2D eigenvalue weighted by molar-refractivity contribution is 0.414. The molecule has 0 aliphatic carbocycles. The summed E-state index contributed by atoms with van der Waals surface area (Å²) in [4.78, 5) is 16.6. The highest BCUT2D eigenvalue weighted by Gasteiger charge is 2.23. The molecule has 5 nitrogen and oxygen atoms in total. The number of amidine groups is 1. The van der Waals surface area contributed by atoms with E-state index in [-0.39, 0.29) is 0 Å². The Labute approximate surface area is 212 Å². The van der Waals surface area contributed by atoms with E-state index in [2.05, 4.69) is 54.9 Å². The summed E-state index contributed by atoms with van der Waals surface area (Å²) in [6.45, 7) is 8.62. The van der Waals surface area contributed by atoms with E-state index in [4.69, 9.17) is 26.3 Å². The van der Waals surface area contributed by atoms with Gasteiger partial charge in [0.15, 0.2) is 5.84 Å². The molecule has 0 fully saturated rings. The number of methoxy groups -OCH3 is 1. The van der Waals surface area contributed by atoms with Gasteiger partial charge in [-0.25, -0.2) is 9.98 Å². The summed E-state index contributed by atoms with van der Waals surface area (Å²) in [7, 11) is 1.65. The minimum Gasteiger partial charge on any atom is -0.496 e. The Morgan fingerprint density at radius 2 is 1.89 bits per heavy atom. The number of pyridine rings is 1. The molecule has 35 heavy (non-hydrogen) atoms. The molecule has 3 aromatic rings. The number of anilines is 1. The number of halogens is 1. The van der Waals surface area contributed by atoms with E-state index in [0.717, 1.165) is 35.6 Å². The van der Waals surface area contributed by atoms with Gasteiger partial charge in [-0.15, -0.1) is 0 Å². The first kappa shape index (κ1) is 24.7. The highest BCUT2D eigenvalue weighted by Crippen LogP contribution is 2.31. The average molecular weight is 487 g/mol. The number of benzene rings is 2. The Morgan fingerprint density at radius 1 is 1.03 bits per heavy atom. The molecular weight excluding hydrogens is 456 g/mol. The number of nitrogens with zero attached hydrogens (tertiary/aromatic N) is 4. The van der Waals surface area contributed by atoms with Crippen molar-refractivity contribution in [1.29, 1.82) is 0 Å². The van der Waals surface area contributed by atoms with Crippen molar-refractivity contribution in [2.75, 3.05) is 25.1 Å². The van der Waals surface area contributed by atoms with Crippen LogP contribution in [0.15, 0.2) is 76.5 Å². The molecule has 0 saturated carbocycles. The molecule has 0 unspecified atom stereocenters. The van der Waals surface area contributed by atoms with Crippen LogP contribution in [0.1, 0.15) is 49.1 Å². The predicted molar refractivity (Wildman–Crippen MR) is 147 cm³/mol. The van der Waals surface area contributed by atoms with Crippen LogP contribution in [-0.4, -0.2) is 36.7 Å². The second kappa shape index (κ2) is 11.3. The van der Waals surface area contributed by atoms with Crippen LogP contribution in [0, 0.1) is 6.92 Å². The highest BCUT2D eigenvalue weighted by molar-refractivity contribution is 6.32. The SMILES string of the molecule is CCCCN(CC)c1ccc(C=C2N=C(c3ccccn3)N=C2c2cc(Cl)ccc2OC)c(C)c1. The Morgan fingerprint density at radius 3 is 2.57 bits per heavy atom. The molecule has 2 aromatic carbocycles. The topological polar surface area (TPSA) is 50.1 Å². The van der Waals surface area contributed by atoms with Crippen LogP contribution in [-0.2, 0) is 0 Å². The minimum atomic E-state index is 0.569. The summed E-state index contributed by atoms with van der Waals surface area (Å²) in [6, 6.07) is 17.9. The lowest BCUT2D eigenvalue weighted by Gasteiger charge is -2.23. The van der Waals surface area contributed by atoms with Gasteiger partial charge in [0, 0.05) is 35.6 Å². The molecule has 0 N–H and O–H groups in total. The summed E-state index contributed by atoms with van der Waals surface area (Å²) in [5.74, 6) is 1.26. The van der Waals surface area contributed by atoms with Gasteiger partial charge < -0.3 is 9.64 Å². The van der Waals surface area contributed by atoms with Crippen LogP contribution in [0.25, 0.3) is 6.08 Å². The van der Waals surface area contributed by atoms with Crippen LogP contribution in [0.3, 0.4) is 0 Å². The van der Waals surface area contributed by atoms with Crippen LogP contribution < -0.4 is 9.64 Å². The molecular formula is C29H31ClN4O. The van der Waals surface area contributed by atoms with E-state index in [1.807, 2.05) is 36.4 Å². The number of aromatic nitrogens is 1. The molecule has 6 heteroatoms. The standard InChI is InChI=1S/C29H31ClN4O/c1-5-7-16-34(6-2)23-13-11-21(20(3)17-23)18-26-28(24-19-22(30)12-14-27(24)35-4)33-29(32-26)25-10-8-9-15-31-25/h8-15,17-19H,5-7,16H2,1-4H3. The number of aliphatic imine (C=N–C) groups is 2. The van der Waals surface area contributed by atoms with E-state index >= 15 is 0 Å². The fourth-order valence-electron chi connectivity index (χ4n) is 4.11. The molecule has 0 atom stereocenters. The minimum absolute atomic E-state index is 0.569. The van der Waals surface area contributed by atoms with Gasteiger partial charge in [-0.2, -0.15) is 0 Å². The van der Waals surface area contributed by atoms with Crippen LogP contribution in [0.4, 0.5) is 5.69 Å². The molecule has 2 heterocycles. The first-order valence-corrected chi connectivity index (χ1v) is 12.4. The number of rotatable bonds is 9. The first-order valence-electron chi connectivity index (χ1n) is 12.0. The smallest absolute Gasteiger partial charge is 0.179 e. The number of ether oxygens (including phenoxy) is 1. The van der Waals surface area contributed by atoms with E-state index < -0.39 is 0 Å². The van der Waals surface area contributed by atoms with E-state index in [0.29, 0.717) is 22.3 Å². The van der Waals surface area contributed by atoms with Crippen molar-refractivity contribution in [3.05, 3.63) is 93.9 Å². The van der Waals surface area contributed by atoms with Crippen molar-refractivity contribution < 1.29 is 4.74 Å². The Bertz CT molecular complexity index is 1280. The lowest BCUT2D eigenvalue weighted by atomic mass is 10.0. The third-order valence-corrected chi connectivity index (χ3v) is 6.31. The second-order valence-corrected chi connectivity index (χ2v) is 8.90. The van der Waals surface area contributed by atoms with Crippen LogP contribution >= 0.6 is 11.6 Å². The van der Waals surface area contributed by atoms with Crippen molar-refractivity contribution in [2.45, 2.75) is 33.6 Å². The van der Waals surface area contributed by atoms with Crippen molar-refractivity contribution >= 4 is 34.9 Å². The quantitative estimate of drug-likeness (QED) is 0.328. The number of hydrogen-bond donors (Lipinski definition) is 0. The molecule has 0 radical (unpaired) electrons. The molecule has 4 rings (SSSR count). The number of unbranched alkanes of at least 4 members (excludes halogenated alkanes) is 1. The molecule has 1 aliphatic rings. The normalized spacial score (nSPS) is 14.1. The fraction of sp³-hybridized carbons (Fsp3) is 0.276. The van der Waals surface area contributed by atoms with Crippen LogP contribution in [0.2, 0.25) is 5.02 Å². The number of allylic oxidation sites excluding steroid dienone is 1. The first-order chi connectivity index (χ1) is 17.0. The van der Waals surface area contributed by atoms with Gasteiger partial charge in [0.2, 0.25) is 0 Å². The van der Waals surface area contributed by atoms with Gasteiger partial charge >= 0.3 is 0 Å². The molecule has 0 spiro atoms. The monoisotopic (exact) mass is 486 g/mol. The van der Waals surface area contributed by atoms with E-state index in [1.54, 1.807) is 13.3 Å². The van der Waals surface area contributed by atoms with Gasteiger partial charge in [0.25, 0.3) is 0 Å². The largest absolute Gasteiger partial charge is 0.496 e. The molecule has 180 valence electrons. The van der Waals surface area contributed by atoms with E-state index in [1.165, 1.54) is 24.1 Å². The van der Waals surface area contributed by atoms with Crippen LogP contribution in [0.5, 0.6) is 5.75 Å². The van der Waals surface area contributed by atoms with Crippen molar-refractivity contribution in [3.63, 3.8) is 0 Å². The van der Waals surface area contributed by atoms with Gasteiger partial charge in [-0.05, 0) is 79.9 Å². The molecule has 0 saturated heterocycles. The third kappa shape index (κ3) is 5.63. The third-order valence-electron chi connectivity index (χ3n) is 6.07. The van der Waals surface area contributed by atoms with E-state index in [9.17, 15) is 0 Å². The predicted octanol–water partition coefficient (Wildman–Crippen LogP) is 6.97. The summed E-state index contributed by atoms with van der Waals surface area (Å²) in [5.41, 5.74) is 6.50. The maximum absolute atomic E-state index is 6.35. The van der Waals surface area contributed by atoms with Gasteiger partial charge in [0.05, 0.1) is 12.8 Å². The molecule has 1 aliphatic heterocycles. The van der Waals surface area contributed by atoms with Crippen molar-refractivity contribution in [1.82, 2.24) is 4.98 Å². The second-order valence-electron chi connectivity index (χ2n) is 8.46. The Kier molecular flexibility index (Phi) is 7.98. The summed E-state index contributed by atoms with van der Waals surface area (Å²) in [5, 5.41) is 0.612. The van der Waals surface area contributed by atoms with Gasteiger partial charge in [-0.3, -0.25) is 4.98 Å². The zero-order valence-corrected chi connectivity index (χ0v) is 21.5. The molecule has 1 aromatic heterocycles. The van der Waals surface area contributed by atoms with Crippen molar-refractivity contribution in [2.24, 2.45) is 9.98 Å². The van der Waals surface area contributed by atoms with Gasteiger partial charge in [0.1, 0.15) is 17.2 Å². The summed E-state index contributed by atoms with van der Waals surface area (Å²) < 4.78 is 5.62. The van der Waals surface area contributed by atoms with Gasteiger partial charge in [-0.1, -0.05) is 37.1 Å². The summed E-state index contributed by atoms with van der Waals surface area (Å²) in [6.07, 6.45) is 6.20. The zero-order valence-electron chi connectivity index (χ0n) is 20.8. The zero-order chi connectivity index (χ0) is 24.8. The fourth-order valence-corrected chi connectivity index (χ4v) is 4.29. The van der Waals surface area contributed by atoms with Crippen molar-refractivity contribution in [3.8, 4) is 5.75 Å². The Hall–Kier alpha value is -3.44. The average Bonchev–Trinajstić information content (AvgIpc) is 3.30. The molecule has 0 amide bonds. The Balaban J connectivity index is 1.77.